The Kier molecular flexibility index (Phi) is 5.54. The first-order valence-corrected chi connectivity index (χ1v) is 8.88. The Hall–Kier alpha value is -1.84. The van der Waals surface area contributed by atoms with Crippen molar-refractivity contribution in [3.05, 3.63) is 70.2 Å². The molecule has 2 atom stereocenters. The molecule has 0 fully saturated rings. The molecule has 0 spiro atoms. The summed E-state index contributed by atoms with van der Waals surface area (Å²) in [5, 5.41) is 7.14. The zero-order chi connectivity index (χ0) is 16.9. The van der Waals surface area contributed by atoms with E-state index in [1.54, 1.807) is 0 Å². The van der Waals surface area contributed by atoms with Crippen LogP contribution in [0.1, 0.15) is 48.5 Å². The quantitative estimate of drug-likeness (QED) is 0.855. The van der Waals surface area contributed by atoms with Gasteiger partial charge in [0.1, 0.15) is 0 Å². The summed E-state index contributed by atoms with van der Waals surface area (Å²) in [6.07, 6.45) is 3.22. The fraction of sp³-hybridized carbons (Fsp3) is 0.350. The summed E-state index contributed by atoms with van der Waals surface area (Å²) >= 11 is 6.21. The molecule has 24 heavy (non-hydrogen) atoms. The Morgan fingerprint density at radius 3 is 2.79 bits per heavy atom. The van der Waals surface area contributed by atoms with Gasteiger partial charge in [-0.2, -0.15) is 0 Å². The van der Waals surface area contributed by atoms with Crippen molar-refractivity contribution in [1.29, 1.82) is 0 Å². The van der Waals surface area contributed by atoms with Gasteiger partial charge < -0.3 is 10.6 Å². The molecule has 0 bridgehead atoms. The fourth-order valence-electron chi connectivity index (χ4n) is 3.33. The first kappa shape index (κ1) is 17.0. The summed E-state index contributed by atoms with van der Waals surface area (Å²) in [6.45, 7) is 2.30. The van der Waals surface area contributed by atoms with E-state index in [9.17, 15) is 4.79 Å². The number of aryl methyl sites for hydroxylation is 1. The van der Waals surface area contributed by atoms with Crippen LogP contribution in [0.5, 0.6) is 0 Å². The first-order valence-electron chi connectivity index (χ1n) is 8.50. The summed E-state index contributed by atoms with van der Waals surface area (Å²) in [5.74, 6) is 0.0237. The van der Waals surface area contributed by atoms with Gasteiger partial charge in [0.15, 0.2) is 0 Å². The lowest BCUT2D eigenvalue weighted by Gasteiger charge is -2.26. The zero-order valence-electron chi connectivity index (χ0n) is 13.9. The Bertz CT molecular complexity index is 716. The third-order valence-electron chi connectivity index (χ3n) is 4.65. The Labute approximate surface area is 148 Å². The fourth-order valence-corrected chi connectivity index (χ4v) is 3.63. The Morgan fingerprint density at radius 1 is 1.21 bits per heavy atom. The minimum absolute atomic E-state index is 0.0237. The van der Waals surface area contributed by atoms with Gasteiger partial charge in [-0.15, -0.1) is 0 Å². The van der Waals surface area contributed by atoms with Crippen LogP contribution >= 0.6 is 11.6 Å². The second-order valence-corrected chi connectivity index (χ2v) is 6.74. The number of benzene rings is 2. The van der Waals surface area contributed by atoms with E-state index in [4.69, 9.17) is 11.6 Å². The maximum atomic E-state index is 12.3. The second-order valence-electron chi connectivity index (χ2n) is 6.34. The van der Waals surface area contributed by atoms with E-state index in [0.717, 1.165) is 29.8 Å². The number of amides is 1. The number of hydrogen-bond donors (Lipinski definition) is 2. The molecule has 126 valence electrons. The largest absolute Gasteiger partial charge is 0.348 e. The third kappa shape index (κ3) is 3.97. The van der Waals surface area contributed by atoms with E-state index in [2.05, 4.69) is 28.8 Å². The third-order valence-corrected chi connectivity index (χ3v) is 4.99. The summed E-state index contributed by atoms with van der Waals surface area (Å²) in [7, 11) is 0. The molecular formula is C20H23ClN2O. The van der Waals surface area contributed by atoms with Crippen LogP contribution in [-0.2, 0) is 11.2 Å². The minimum Gasteiger partial charge on any atom is -0.348 e. The van der Waals surface area contributed by atoms with Gasteiger partial charge in [-0.05, 0) is 48.9 Å². The van der Waals surface area contributed by atoms with Crippen LogP contribution in [0.15, 0.2) is 48.5 Å². The van der Waals surface area contributed by atoms with Gasteiger partial charge in [-0.1, -0.05) is 54.1 Å². The molecule has 3 nitrogen and oxygen atoms in total. The van der Waals surface area contributed by atoms with Crippen LogP contribution in [0.3, 0.4) is 0 Å². The number of carbonyl (C=O) groups excluding carboxylic acids is 1. The van der Waals surface area contributed by atoms with Crippen molar-refractivity contribution in [2.75, 3.05) is 6.54 Å². The van der Waals surface area contributed by atoms with Gasteiger partial charge in [0, 0.05) is 11.1 Å². The molecule has 0 heterocycles. The summed E-state index contributed by atoms with van der Waals surface area (Å²) < 4.78 is 0. The average molecular weight is 343 g/mol. The van der Waals surface area contributed by atoms with Crippen LogP contribution < -0.4 is 10.6 Å². The maximum absolute atomic E-state index is 12.3. The Morgan fingerprint density at radius 2 is 1.96 bits per heavy atom. The van der Waals surface area contributed by atoms with Crippen molar-refractivity contribution in [2.45, 2.75) is 38.3 Å². The summed E-state index contributed by atoms with van der Waals surface area (Å²) in [6, 6.07) is 16.3. The highest BCUT2D eigenvalue weighted by atomic mass is 35.5. The number of carbonyl (C=O) groups is 1. The minimum atomic E-state index is 0.0237. The van der Waals surface area contributed by atoms with E-state index in [1.807, 2.05) is 37.3 Å². The molecule has 0 radical (unpaired) electrons. The van der Waals surface area contributed by atoms with Gasteiger partial charge in [0.25, 0.3) is 0 Å². The molecule has 4 heteroatoms. The van der Waals surface area contributed by atoms with Crippen molar-refractivity contribution in [1.82, 2.24) is 10.6 Å². The molecule has 0 unspecified atom stereocenters. The molecule has 1 aliphatic carbocycles. The standard InChI is InChI=1S/C20H23ClN2O/c1-14(16-9-4-5-11-18(16)21)22-13-20(24)23-19-12-6-8-15-7-2-3-10-17(15)19/h2-5,7,9-11,14,19,22H,6,8,12-13H2,1H3,(H,23,24)/t14-,19-/m1/s1. The highest BCUT2D eigenvalue weighted by Gasteiger charge is 2.21. The number of halogens is 1. The topological polar surface area (TPSA) is 41.1 Å². The maximum Gasteiger partial charge on any atom is 0.234 e. The number of fused-ring (bicyclic) bond motifs is 1. The van der Waals surface area contributed by atoms with Gasteiger partial charge in [-0.25, -0.2) is 0 Å². The number of rotatable bonds is 5. The predicted molar refractivity (Wildman–Crippen MR) is 98.1 cm³/mol. The van der Waals surface area contributed by atoms with E-state index >= 15 is 0 Å². The molecule has 0 saturated heterocycles. The predicted octanol–water partition coefficient (Wildman–Crippen LogP) is 4.18. The second kappa shape index (κ2) is 7.82. The molecule has 1 amide bonds. The van der Waals surface area contributed by atoms with Crippen LogP contribution in [-0.4, -0.2) is 12.5 Å². The van der Waals surface area contributed by atoms with Crippen molar-refractivity contribution in [3.63, 3.8) is 0 Å². The highest BCUT2D eigenvalue weighted by molar-refractivity contribution is 6.31. The van der Waals surface area contributed by atoms with Gasteiger partial charge in [0.2, 0.25) is 5.91 Å². The van der Waals surface area contributed by atoms with E-state index in [1.165, 1.54) is 11.1 Å². The van der Waals surface area contributed by atoms with Crippen LogP contribution in [0.25, 0.3) is 0 Å². The molecule has 0 saturated carbocycles. The number of nitrogens with one attached hydrogen (secondary N) is 2. The monoisotopic (exact) mass is 342 g/mol. The number of hydrogen-bond acceptors (Lipinski definition) is 2. The Balaban J connectivity index is 1.56. The normalized spacial score (nSPS) is 17.8. The smallest absolute Gasteiger partial charge is 0.234 e. The van der Waals surface area contributed by atoms with E-state index < -0.39 is 0 Å². The lowest BCUT2D eigenvalue weighted by molar-refractivity contribution is -0.121. The molecular weight excluding hydrogens is 320 g/mol. The zero-order valence-corrected chi connectivity index (χ0v) is 14.6. The van der Waals surface area contributed by atoms with Crippen molar-refractivity contribution >= 4 is 17.5 Å². The highest BCUT2D eigenvalue weighted by Crippen LogP contribution is 2.29. The van der Waals surface area contributed by atoms with Crippen LogP contribution in [0.4, 0.5) is 0 Å². The molecule has 2 aromatic rings. The molecule has 1 aliphatic rings. The molecule has 2 N–H and O–H groups in total. The molecule has 0 aromatic heterocycles. The van der Waals surface area contributed by atoms with Crippen molar-refractivity contribution < 1.29 is 4.79 Å². The van der Waals surface area contributed by atoms with Gasteiger partial charge in [0.05, 0.1) is 12.6 Å². The SMILES string of the molecule is C[C@@H](NCC(=O)N[C@@H]1CCCc2ccccc21)c1ccccc1Cl. The lowest BCUT2D eigenvalue weighted by Crippen LogP contribution is -2.38. The van der Waals surface area contributed by atoms with E-state index in [-0.39, 0.29) is 24.5 Å². The van der Waals surface area contributed by atoms with Gasteiger partial charge >= 0.3 is 0 Å². The van der Waals surface area contributed by atoms with Gasteiger partial charge in [-0.3, -0.25) is 4.79 Å². The van der Waals surface area contributed by atoms with Crippen LogP contribution in [0, 0.1) is 0 Å². The van der Waals surface area contributed by atoms with E-state index in [0.29, 0.717) is 0 Å². The lowest BCUT2D eigenvalue weighted by atomic mass is 9.88. The molecule has 0 aliphatic heterocycles. The molecule has 2 aromatic carbocycles. The van der Waals surface area contributed by atoms with Crippen molar-refractivity contribution in [2.24, 2.45) is 0 Å². The first-order chi connectivity index (χ1) is 11.6. The van der Waals surface area contributed by atoms with Crippen LogP contribution in [0.2, 0.25) is 5.02 Å². The molecule has 3 rings (SSSR count). The summed E-state index contributed by atoms with van der Waals surface area (Å²) in [4.78, 5) is 12.3. The van der Waals surface area contributed by atoms with Crippen molar-refractivity contribution in [3.8, 4) is 0 Å². The summed E-state index contributed by atoms with van der Waals surface area (Å²) in [5.41, 5.74) is 3.62. The average Bonchev–Trinajstić information content (AvgIpc) is 2.60.